The molecule has 0 radical (unpaired) electrons. The van der Waals surface area contributed by atoms with Crippen LogP contribution in [0.3, 0.4) is 0 Å². The van der Waals surface area contributed by atoms with E-state index in [0.29, 0.717) is 21.3 Å². The number of anilines is 2. The summed E-state index contributed by atoms with van der Waals surface area (Å²) >= 11 is 3.33. The Labute approximate surface area is 176 Å². The second-order valence-corrected chi connectivity index (χ2v) is 7.82. The summed E-state index contributed by atoms with van der Waals surface area (Å²) in [4.78, 5) is 39.8. The first-order chi connectivity index (χ1) is 13.9. The van der Waals surface area contributed by atoms with Crippen LogP contribution in [0.25, 0.3) is 0 Å². The van der Waals surface area contributed by atoms with Gasteiger partial charge < -0.3 is 5.32 Å². The highest BCUT2D eigenvalue weighted by Crippen LogP contribution is 2.32. The molecule has 3 aromatic carbocycles. The number of hydrogen-bond acceptors (Lipinski definition) is 3. The van der Waals surface area contributed by atoms with Gasteiger partial charge in [0.05, 0.1) is 22.4 Å². The van der Waals surface area contributed by atoms with Crippen molar-refractivity contribution in [3.05, 3.63) is 93.0 Å². The Morgan fingerprint density at radius 2 is 1.59 bits per heavy atom. The molecule has 0 saturated heterocycles. The molecule has 3 amide bonds. The Kier molecular flexibility index (Phi) is 4.80. The molecule has 1 heterocycles. The van der Waals surface area contributed by atoms with Crippen LogP contribution in [-0.4, -0.2) is 17.7 Å². The van der Waals surface area contributed by atoms with E-state index in [1.807, 2.05) is 32.0 Å². The molecule has 0 unspecified atom stereocenters. The maximum atomic E-state index is 13.0. The second-order valence-electron chi connectivity index (χ2n) is 6.91. The lowest BCUT2D eigenvalue weighted by molar-refractivity contribution is 0.0926. The zero-order chi connectivity index (χ0) is 20.7. The summed E-state index contributed by atoms with van der Waals surface area (Å²) in [6, 6.07) is 17.2. The molecule has 6 heteroatoms. The molecule has 3 aromatic rings. The molecule has 0 spiro atoms. The van der Waals surface area contributed by atoms with Crippen molar-refractivity contribution in [3.63, 3.8) is 0 Å². The maximum absolute atomic E-state index is 13.0. The highest BCUT2D eigenvalue weighted by atomic mass is 79.9. The van der Waals surface area contributed by atoms with E-state index in [4.69, 9.17) is 0 Å². The van der Waals surface area contributed by atoms with Gasteiger partial charge in [-0.2, -0.15) is 0 Å². The molecule has 29 heavy (non-hydrogen) atoms. The zero-order valence-electron chi connectivity index (χ0n) is 15.8. The van der Waals surface area contributed by atoms with Gasteiger partial charge in [0, 0.05) is 10.2 Å². The molecule has 5 nitrogen and oxygen atoms in total. The molecule has 0 bridgehead atoms. The number of amides is 3. The summed E-state index contributed by atoms with van der Waals surface area (Å²) in [6.07, 6.45) is 0. The van der Waals surface area contributed by atoms with Crippen LogP contribution >= 0.6 is 15.9 Å². The summed E-state index contributed by atoms with van der Waals surface area (Å²) in [5.41, 5.74) is 3.98. The first kappa shape index (κ1) is 19.1. The van der Waals surface area contributed by atoms with Gasteiger partial charge in [-0.1, -0.05) is 34.1 Å². The third kappa shape index (κ3) is 3.36. The molecular formula is C23H17BrN2O3. The number of halogens is 1. The first-order valence-electron chi connectivity index (χ1n) is 9.03. The predicted octanol–water partition coefficient (Wildman–Crippen LogP) is 5.12. The number of fused-ring (bicyclic) bond motifs is 1. The van der Waals surface area contributed by atoms with Crippen LogP contribution in [0.15, 0.2) is 65.1 Å². The third-order valence-electron chi connectivity index (χ3n) is 5.00. The van der Waals surface area contributed by atoms with Gasteiger partial charge in [-0.15, -0.1) is 0 Å². The number of rotatable bonds is 3. The summed E-state index contributed by atoms with van der Waals surface area (Å²) < 4.78 is 0.708. The minimum absolute atomic E-state index is 0.249. The molecule has 0 atom stereocenters. The molecule has 4 rings (SSSR count). The van der Waals surface area contributed by atoms with Gasteiger partial charge >= 0.3 is 0 Å². The molecule has 0 aliphatic carbocycles. The second kappa shape index (κ2) is 7.29. The molecular weight excluding hydrogens is 432 g/mol. The van der Waals surface area contributed by atoms with Gasteiger partial charge in [-0.3, -0.25) is 14.4 Å². The van der Waals surface area contributed by atoms with Crippen LogP contribution in [0.1, 0.15) is 42.2 Å². The standard InChI is InChI=1S/C23H17BrN2O3/c1-13-7-9-16(11-14(13)2)25-21(27)18-5-3-4-6-20(18)26-22(28)17-10-8-15(24)12-19(17)23(26)29/h3-12H,1-2H3,(H,25,27). The topological polar surface area (TPSA) is 66.5 Å². The lowest BCUT2D eigenvalue weighted by Gasteiger charge is -2.18. The number of carbonyl (C=O) groups excluding carboxylic acids is 3. The van der Waals surface area contributed by atoms with Crippen LogP contribution in [0.5, 0.6) is 0 Å². The number of nitrogens with zero attached hydrogens (tertiary/aromatic N) is 1. The monoisotopic (exact) mass is 448 g/mol. The minimum atomic E-state index is -0.447. The summed E-state index contributed by atoms with van der Waals surface area (Å²) in [5.74, 6) is -1.27. The number of para-hydroxylation sites is 1. The van der Waals surface area contributed by atoms with E-state index < -0.39 is 11.8 Å². The van der Waals surface area contributed by atoms with Crippen LogP contribution in [0.4, 0.5) is 11.4 Å². The smallest absolute Gasteiger partial charge is 0.266 e. The Morgan fingerprint density at radius 1 is 0.862 bits per heavy atom. The average molecular weight is 449 g/mol. The van der Waals surface area contributed by atoms with Crippen molar-refractivity contribution in [2.24, 2.45) is 0 Å². The summed E-state index contributed by atoms with van der Waals surface area (Å²) in [7, 11) is 0. The Bertz CT molecular complexity index is 1190. The zero-order valence-corrected chi connectivity index (χ0v) is 17.4. The van der Waals surface area contributed by atoms with E-state index in [9.17, 15) is 14.4 Å². The highest BCUT2D eigenvalue weighted by molar-refractivity contribution is 9.10. The Hall–Kier alpha value is -3.25. The van der Waals surface area contributed by atoms with Gasteiger partial charge in [0.2, 0.25) is 0 Å². The highest BCUT2D eigenvalue weighted by Gasteiger charge is 2.38. The molecule has 1 N–H and O–H groups in total. The number of hydrogen-bond donors (Lipinski definition) is 1. The van der Waals surface area contributed by atoms with E-state index in [1.165, 1.54) is 0 Å². The largest absolute Gasteiger partial charge is 0.322 e. The van der Waals surface area contributed by atoms with Gasteiger partial charge in [-0.25, -0.2) is 4.90 Å². The van der Waals surface area contributed by atoms with E-state index in [0.717, 1.165) is 16.0 Å². The van der Waals surface area contributed by atoms with Crippen molar-refractivity contribution in [3.8, 4) is 0 Å². The van der Waals surface area contributed by atoms with Gasteiger partial charge in [-0.05, 0) is 67.4 Å². The molecule has 0 saturated carbocycles. The lowest BCUT2D eigenvalue weighted by Crippen LogP contribution is -2.31. The lowest BCUT2D eigenvalue weighted by atomic mass is 10.1. The van der Waals surface area contributed by atoms with E-state index in [2.05, 4.69) is 21.2 Å². The summed E-state index contributed by atoms with van der Waals surface area (Å²) in [5, 5.41) is 2.85. The third-order valence-corrected chi connectivity index (χ3v) is 5.50. The van der Waals surface area contributed by atoms with E-state index >= 15 is 0 Å². The van der Waals surface area contributed by atoms with Crippen molar-refractivity contribution in [2.45, 2.75) is 13.8 Å². The fraction of sp³-hybridized carbons (Fsp3) is 0.0870. The Balaban J connectivity index is 1.70. The van der Waals surface area contributed by atoms with Crippen molar-refractivity contribution >= 4 is 45.0 Å². The number of nitrogens with one attached hydrogen (secondary N) is 1. The number of carbonyl (C=O) groups is 3. The number of imide groups is 1. The van der Waals surface area contributed by atoms with Crippen LogP contribution in [0, 0.1) is 13.8 Å². The SMILES string of the molecule is Cc1ccc(NC(=O)c2ccccc2N2C(=O)c3ccc(Br)cc3C2=O)cc1C. The van der Waals surface area contributed by atoms with Crippen molar-refractivity contribution in [2.75, 3.05) is 10.2 Å². The minimum Gasteiger partial charge on any atom is -0.322 e. The quantitative estimate of drug-likeness (QED) is 0.565. The number of aryl methyl sites for hydroxylation is 2. The average Bonchev–Trinajstić information content (AvgIpc) is 2.94. The van der Waals surface area contributed by atoms with E-state index in [-0.39, 0.29) is 17.2 Å². The molecule has 0 aromatic heterocycles. The van der Waals surface area contributed by atoms with Gasteiger partial charge in [0.1, 0.15) is 0 Å². The predicted molar refractivity (Wildman–Crippen MR) is 116 cm³/mol. The first-order valence-corrected chi connectivity index (χ1v) is 9.82. The summed E-state index contributed by atoms with van der Waals surface area (Å²) in [6.45, 7) is 3.96. The van der Waals surface area contributed by atoms with Crippen LogP contribution < -0.4 is 10.2 Å². The van der Waals surface area contributed by atoms with Crippen LogP contribution in [-0.2, 0) is 0 Å². The maximum Gasteiger partial charge on any atom is 0.266 e. The molecule has 1 aliphatic rings. The van der Waals surface area contributed by atoms with Gasteiger partial charge in [0.25, 0.3) is 17.7 Å². The normalized spacial score (nSPS) is 12.9. The van der Waals surface area contributed by atoms with Crippen molar-refractivity contribution in [1.29, 1.82) is 0 Å². The molecule has 0 fully saturated rings. The van der Waals surface area contributed by atoms with Crippen LogP contribution in [0.2, 0.25) is 0 Å². The van der Waals surface area contributed by atoms with Crippen molar-refractivity contribution in [1.82, 2.24) is 0 Å². The van der Waals surface area contributed by atoms with Crippen molar-refractivity contribution < 1.29 is 14.4 Å². The van der Waals surface area contributed by atoms with E-state index in [1.54, 1.807) is 42.5 Å². The van der Waals surface area contributed by atoms with Gasteiger partial charge in [0.15, 0.2) is 0 Å². The Morgan fingerprint density at radius 3 is 2.34 bits per heavy atom. The molecule has 1 aliphatic heterocycles. The number of benzene rings is 3. The fourth-order valence-corrected chi connectivity index (χ4v) is 3.67. The fourth-order valence-electron chi connectivity index (χ4n) is 3.31. The molecule has 144 valence electrons.